The van der Waals surface area contributed by atoms with Crippen LogP contribution in [-0.2, 0) is 21.0 Å². The lowest BCUT2D eigenvalue weighted by molar-refractivity contribution is 0.255. The van der Waals surface area contributed by atoms with Crippen LogP contribution < -0.4 is 0 Å². The van der Waals surface area contributed by atoms with Gasteiger partial charge < -0.3 is 4.74 Å². The molecule has 1 unspecified atom stereocenters. The van der Waals surface area contributed by atoms with E-state index in [1.165, 1.54) is 18.9 Å². The highest BCUT2D eigenvalue weighted by Crippen LogP contribution is 2.38. The van der Waals surface area contributed by atoms with Crippen LogP contribution in [0.15, 0.2) is 112 Å². The highest BCUT2D eigenvalue weighted by molar-refractivity contribution is 8.02. The van der Waals surface area contributed by atoms with Gasteiger partial charge in [-0.3, -0.25) is 0 Å². The predicted molar refractivity (Wildman–Crippen MR) is 120 cm³/mol. The van der Waals surface area contributed by atoms with E-state index in [9.17, 15) is 8.42 Å². The molecule has 0 amide bonds. The Morgan fingerprint density at radius 1 is 0.897 bits per heavy atom. The Balaban J connectivity index is 2.08. The van der Waals surface area contributed by atoms with Crippen LogP contribution >= 0.6 is 11.8 Å². The van der Waals surface area contributed by atoms with Crippen molar-refractivity contribution in [2.75, 3.05) is 7.11 Å². The third-order valence-corrected chi connectivity index (χ3v) is 8.12. The normalized spacial score (nSPS) is 14.2. The summed E-state index contributed by atoms with van der Waals surface area (Å²) >= 11 is 1.45. The molecule has 3 rings (SSSR count). The van der Waals surface area contributed by atoms with Gasteiger partial charge in [-0.05, 0) is 43.2 Å². The van der Waals surface area contributed by atoms with Crippen molar-refractivity contribution in [3.8, 4) is 0 Å². The minimum absolute atomic E-state index is 0.283. The summed E-state index contributed by atoms with van der Waals surface area (Å²) in [5.74, 6) is 0.416. The van der Waals surface area contributed by atoms with Gasteiger partial charge in [-0.25, -0.2) is 8.42 Å². The van der Waals surface area contributed by atoms with Gasteiger partial charge in [0.05, 0.1) is 12.0 Å². The molecule has 0 saturated carbocycles. The summed E-state index contributed by atoms with van der Waals surface area (Å²) in [7, 11) is -2.19. The second kappa shape index (κ2) is 9.33. The first-order valence-corrected chi connectivity index (χ1v) is 11.6. The third-order valence-electron chi connectivity index (χ3n) is 4.82. The molecule has 0 fully saturated rings. The molecule has 0 aromatic heterocycles. The zero-order valence-corrected chi connectivity index (χ0v) is 18.1. The third kappa shape index (κ3) is 4.74. The molecule has 3 aromatic rings. The molecule has 29 heavy (non-hydrogen) atoms. The van der Waals surface area contributed by atoms with Gasteiger partial charge in [0.25, 0.3) is 0 Å². The van der Waals surface area contributed by atoms with Crippen LogP contribution in [0.1, 0.15) is 12.5 Å². The number of methoxy groups -OCH3 is 1. The van der Waals surface area contributed by atoms with Crippen molar-refractivity contribution in [2.45, 2.75) is 27.9 Å². The number of thioether (sulfide) groups is 1. The van der Waals surface area contributed by atoms with Crippen LogP contribution in [0.25, 0.3) is 0 Å². The molecule has 0 saturated heterocycles. The Morgan fingerprint density at radius 2 is 1.41 bits per heavy atom. The van der Waals surface area contributed by atoms with Crippen molar-refractivity contribution in [3.05, 3.63) is 108 Å². The molecular formula is C24H24O3S2. The van der Waals surface area contributed by atoms with Crippen LogP contribution in [0.3, 0.4) is 0 Å². The van der Waals surface area contributed by atoms with E-state index in [0.717, 1.165) is 10.5 Å². The lowest BCUT2D eigenvalue weighted by Gasteiger charge is -2.31. The van der Waals surface area contributed by atoms with Gasteiger partial charge in [-0.2, -0.15) is 0 Å². The maximum absolute atomic E-state index is 13.7. The molecule has 0 heterocycles. The van der Waals surface area contributed by atoms with E-state index in [1.54, 1.807) is 36.6 Å². The van der Waals surface area contributed by atoms with E-state index in [-0.39, 0.29) is 4.90 Å². The zero-order valence-electron chi connectivity index (χ0n) is 16.5. The summed E-state index contributed by atoms with van der Waals surface area (Å²) < 4.78 is 31.9. The average Bonchev–Trinajstić information content (AvgIpc) is 2.76. The zero-order chi connectivity index (χ0) is 20.7. The topological polar surface area (TPSA) is 43.4 Å². The molecule has 0 bridgehead atoms. The van der Waals surface area contributed by atoms with Crippen molar-refractivity contribution in [1.82, 2.24) is 0 Å². The quantitative estimate of drug-likeness (QED) is 0.341. The average molecular weight is 425 g/mol. The second-order valence-electron chi connectivity index (χ2n) is 6.83. The van der Waals surface area contributed by atoms with Crippen molar-refractivity contribution >= 4 is 21.6 Å². The first-order valence-electron chi connectivity index (χ1n) is 9.27. The Kier molecular flexibility index (Phi) is 6.83. The second-order valence-corrected chi connectivity index (χ2v) is 10.1. The summed E-state index contributed by atoms with van der Waals surface area (Å²) in [4.78, 5) is 1.30. The molecule has 0 spiro atoms. The molecule has 150 valence electrons. The molecule has 5 heteroatoms. The summed E-state index contributed by atoms with van der Waals surface area (Å²) in [5.41, 5.74) is 0.933. The molecular weight excluding hydrogens is 400 g/mol. The van der Waals surface area contributed by atoms with Gasteiger partial charge in [0.15, 0.2) is 9.84 Å². The number of rotatable bonds is 8. The summed E-state index contributed by atoms with van der Waals surface area (Å²) in [6.45, 7) is 1.74. The van der Waals surface area contributed by atoms with Gasteiger partial charge in [0.2, 0.25) is 0 Å². The Hall–Kier alpha value is -2.50. The van der Waals surface area contributed by atoms with E-state index in [2.05, 4.69) is 0 Å². The summed E-state index contributed by atoms with van der Waals surface area (Å²) in [6, 6.07) is 28.0. The Labute approximate surface area is 177 Å². The molecule has 0 radical (unpaired) electrons. The largest absolute Gasteiger partial charge is 0.499 e. The molecule has 0 N–H and O–H groups in total. The molecule has 0 aliphatic carbocycles. The molecule has 3 aromatic carbocycles. The predicted octanol–water partition coefficient (Wildman–Crippen LogP) is 5.74. The van der Waals surface area contributed by atoms with Gasteiger partial charge in [-0.15, -0.1) is 0 Å². The van der Waals surface area contributed by atoms with Crippen LogP contribution in [0.5, 0.6) is 0 Å². The first kappa shape index (κ1) is 21.2. The number of ether oxygens (including phenoxy) is 1. The number of benzene rings is 3. The molecule has 1 atom stereocenters. The lowest BCUT2D eigenvalue weighted by Crippen LogP contribution is -2.40. The van der Waals surface area contributed by atoms with E-state index < -0.39 is 14.6 Å². The molecule has 0 aliphatic heterocycles. The minimum Gasteiger partial charge on any atom is -0.499 e. The Bertz CT molecular complexity index is 1050. The SMILES string of the molecule is CO/C(=C/Sc1ccccc1)C(C)(Cc1ccccc1)S(=O)(=O)c1ccccc1. The van der Waals surface area contributed by atoms with Gasteiger partial charge in [-0.1, -0.05) is 78.5 Å². The van der Waals surface area contributed by atoms with Gasteiger partial charge in [0, 0.05) is 10.3 Å². The fraction of sp³-hybridized carbons (Fsp3) is 0.167. The van der Waals surface area contributed by atoms with Crippen LogP contribution in [0.4, 0.5) is 0 Å². The molecule has 3 nitrogen and oxygen atoms in total. The van der Waals surface area contributed by atoms with Gasteiger partial charge in [0.1, 0.15) is 10.5 Å². The lowest BCUT2D eigenvalue weighted by atomic mass is 9.99. The van der Waals surface area contributed by atoms with E-state index >= 15 is 0 Å². The van der Waals surface area contributed by atoms with Crippen LogP contribution in [-0.4, -0.2) is 20.3 Å². The highest BCUT2D eigenvalue weighted by atomic mass is 32.2. The monoisotopic (exact) mass is 424 g/mol. The van der Waals surface area contributed by atoms with Crippen molar-refractivity contribution < 1.29 is 13.2 Å². The van der Waals surface area contributed by atoms with Crippen molar-refractivity contribution in [1.29, 1.82) is 0 Å². The van der Waals surface area contributed by atoms with Crippen LogP contribution in [0, 0.1) is 0 Å². The highest BCUT2D eigenvalue weighted by Gasteiger charge is 2.45. The summed E-state index contributed by atoms with van der Waals surface area (Å²) in [6.07, 6.45) is 0.306. The minimum atomic E-state index is -3.72. The number of hydrogen-bond acceptors (Lipinski definition) is 4. The Morgan fingerprint density at radius 3 is 1.97 bits per heavy atom. The van der Waals surface area contributed by atoms with Gasteiger partial charge >= 0.3 is 0 Å². The number of hydrogen-bond donors (Lipinski definition) is 0. The summed E-state index contributed by atoms with van der Waals surface area (Å²) in [5, 5.41) is 1.80. The van der Waals surface area contributed by atoms with Crippen molar-refractivity contribution in [3.63, 3.8) is 0 Å². The van der Waals surface area contributed by atoms with Crippen molar-refractivity contribution in [2.24, 2.45) is 0 Å². The van der Waals surface area contributed by atoms with E-state index in [0.29, 0.717) is 12.2 Å². The smallest absolute Gasteiger partial charge is 0.191 e. The molecule has 0 aliphatic rings. The fourth-order valence-electron chi connectivity index (χ4n) is 3.17. The maximum atomic E-state index is 13.7. The standard InChI is InChI=1S/C24H24O3S2/c1-24(18-20-12-6-3-7-13-20,29(25,26)22-16-10-5-11-17-22)23(27-2)19-28-21-14-8-4-9-15-21/h3-17,19H,18H2,1-2H3/b23-19+. The number of sulfone groups is 1. The van der Waals surface area contributed by atoms with E-state index in [4.69, 9.17) is 4.74 Å². The fourth-order valence-corrected chi connectivity index (χ4v) is 5.96. The first-order chi connectivity index (χ1) is 14.0. The maximum Gasteiger partial charge on any atom is 0.191 e. The van der Waals surface area contributed by atoms with Crippen LogP contribution in [0.2, 0.25) is 0 Å². The van der Waals surface area contributed by atoms with E-state index in [1.807, 2.05) is 66.7 Å².